The van der Waals surface area contributed by atoms with E-state index in [9.17, 15) is 14.7 Å². The summed E-state index contributed by atoms with van der Waals surface area (Å²) < 4.78 is 5.66. The molecule has 1 saturated carbocycles. The molecule has 2 aliphatic rings. The number of rotatable bonds is 8. The molecule has 2 aliphatic carbocycles. The van der Waals surface area contributed by atoms with Crippen LogP contribution in [0.5, 0.6) is 11.5 Å². The van der Waals surface area contributed by atoms with Crippen LogP contribution in [0.4, 0.5) is 0 Å². The van der Waals surface area contributed by atoms with Crippen molar-refractivity contribution in [2.24, 2.45) is 17.8 Å². The van der Waals surface area contributed by atoms with Crippen LogP contribution in [0.25, 0.3) is 0 Å². The number of ketones is 2. The Morgan fingerprint density at radius 1 is 0.932 bits per heavy atom. The smallest absolute Gasteiger partial charge is 0.161 e. The topological polar surface area (TPSA) is 63.6 Å². The largest absolute Gasteiger partial charge is 0.504 e. The molecule has 0 bridgehead atoms. The molecule has 1 fully saturated rings. The van der Waals surface area contributed by atoms with Crippen molar-refractivity contribution < 1.29 is 19.4 Å². The Morgan fingerprint density at radius 3 is 2.41 bits per heavy atom. The van der Waals surface area contributed by atoms with Crippen molar-refractivity contribution in [3.05, 3.63) is 94.5 Å². The van der Waals surface area contributed by atoms with E-state index < -0.39 is 0 Å². The second-order valence-electron chi connectivity index (χ2n) is 12.7. The Labute approximate surface area is 263 Å². The summed E-state index contributed by atoms with van der Waals surface area (Å²) in [7, 11) is 1.57. The zero-order chi connectivity index (χ0) is 30.9. The number of methoxy groups -OCH3 is 1. The number of hydrogen-bond donors (Lipinski definition) is 1. The highest BCUT2D eigenvalue weighted by atomic mass is 16.5. The third-order valence-electron chi connectivity index (χ3n) is 9.68. The fourth-order valence-electron chi connectivity index (χ4n) is 7.26. The van der Waals surface area contributed by atoms with Crippen LogP contribution < -0.4 is 4.74 Å². The van der Waals surface area contributed by atoms with Crippen LogP contribution in [-0.4, -0.2) is 23.8 Å². The van der Waals surface area contributed by atoms with Gasteiger partial charge in [-0.05, 0) is 66.3 Å². The number of hydrogen-bond acceptors (Lipinski definition) is 4. The third kappa shape index (κ3) is 7.62. The van der Waals surface area contributed by atoms with Crippen LogP contribution in [0.3, 0.4) is 0 Å². The molecule has 1 N–H and O–H groups in total. The minimum Gasteiger partial charge on any atom is -0.504 e. The molecule has 44 heavy (non-hydrogen) atoms. The Morgan fingerprint density at radius 2 is 1.68 bits per heavy atom. The first-order valence-corrected chi connectivity index (χ1v) is 16.5. The number of phenols is 1. The number of ether oxygens (including phenoxy) is 1. The summed E-state index contributed by atoms with van der Waals surface area (Å²) in [4.78, 5) is 27.1. The molecule has 0 unspecified atom stereocenters. The number of Topliss-reactive ketones (excluding diaryl/α,β-unsaturated/α-hetero) is 2. The molecule has 0 amide bonds. The standard InChI is InChI=1S/C40H46O4/c1-3-4-12-29-15-11-18-31-21-24-34(30-16-9-6-10-17-30)39-32(20-22-33(41)27-37(42)36(31)25-29)26-38(44-2)40(43)35(39)23-19-28-13-7-5-8-14-28/h5-10,13-14,16-17,26,29,31,34,36,43H,3-4,11-12,15,18-20,22-23,25,27H2,1-2H3/t29-,31-,34+,36+/m1/s1. The normalized spacial score (nSPS) is 22.3. The molecule has 4 atom stereocenters. The summed E-state index contributed by atoms with van der Waals surface area (Å²) in [5, 5.41) is 11.6. The van der Waals surface area contributed by atoms with Crippen LogP contribution in [0.15, 0.2) is 66.7 Å². The molecular weight excluding hydrogens is 544 g/mol. The monoisotopic (exact) mass is 590 g/mol. The van der Waals surface area contributed by atoms with Crippen LogP contribution >= 0.6 is 0 Å². The van der Waals surface area contributed by atoms with Gasteiger partial charge in [0.25, 0.3) is 0 Å². The number of benzene rings is 3. The quantitative estimate of drug-likeness (QED) is 0.211. The lowest BCUT2D eigenvalue weighted by molar-refractivity contribution is -0.130. The minimum absolute atomic E-state index is 0.0169. The summed E-state index contributed by atoms with van der Waals surface area (Å²) in [6.07, 6.45) is 9.43. The number of aryl methyl sites for hydroxylation is 2. The second-order valence-corrected chi connectivity index (χ2v) is 12.7. The molecule has 230 valence electrons. The van der Waals surface area contributed by atoms with E-state index in [2.05, 4.69) is 43.0 Å². The van der Waals surface area contributed by atoms with Crippen LogP contribution in [0, 0.1) is 29.6 Å². The fraction of sp³-hybridized carbons (Fsp3) is 0.450. The number of carbonyl (C=O) groups excluding carboxylic acids is 2. The molecule has 5 rings (SSSR count). The number of fused-ring (bicyclic) bond motifs is 2. The van der Waals surface area contributed by atoms with Crippen molar-refractivity contribution in [1.82, 2.24) is 0 Å². The zero-order valence-corrected chi connectivity index (χ0v) is 26.3. The van der Waals surface area contributed by atoms with E-state index in [1.165, 1.54) is 12.0 Å². The number of phenolic OH excluding ortho intramolecular Hbond substituents is 1. The predicted octanol–water partition coefficient (Wildman–Crippen LogP) is 8.41. The lowest BCUT2D eigenvalue weighted by Crippen LogP contribution is -2.26. The average molecular weight is 591 g/mol. The second kappa shape index (κ2) is 15.2. The van der Waals surface area contributed by atoms with Gasteiger partial charge in [0.15, 0.2) is 11.5 Å². The van der Waals surface area contributed by atoms with E-state index in [1.54, 1.807) is 7.11 Å². The van der Waals surface area contributed by atoms with Crippen molar-refractivity contribution >= 4 is 11.6 Å². The van der Waals surface area contributed by atoms with Crippen molar-refractivity contribution in [2.45, 2.75) is 89.9 Å². The molecule has 0 heterocycles. The Kier molecular flexibility index (Phi) is 10.9. The van der Waals surface area contributed by atoms with Crippen LogP contribution in [0.2, 0.25) is 0 Å². The molecule has 0 spiro atoms. The van der Waals surface area contributed by atoms with Gasteiger partial charge < -0.3 is 9.84 Å². The fourth-order valence-corrected chi connectivity index (χ4v) is 7.26. The maximum absolute atomic E-state index is 13.7. The third-order valence-corrected chi connectivity index (χ3v) is 9.68. The Hall–Kier alpha value is -3.84. The highest BCUT2D eigenvalue weighted by Gasteiger charge is 2.34. The molecule has 0 aromatic heterocycles. The van der Waals surface area contributed by atoms with Crippen molar-refractivity contribution in [3.63, 3.8) is 0 Å². The average Bonchev–Trinajstić information content (AvgIpc) is 3.25. The minimum atomic E-state index is -0.307. The summed E-state index contributed by atoms with van der Waals surface area (Å²) in [6.45, 7) is 2.22. The van der Waals surface area contributed by atoms with Gasteiger partial charge in [0.05, 0.1) is 19.4 Å². The molecule has 3 aromatic carbocycles. The maximum Gasteiger partial charge on any atom is 0.161 e. The molecule has 4 nitrogen and oxygen atoms in total. The van der Waals surface area contributed by atoms with Gasteiger partial charge in [-0.15, -0.1) is 0 Å². The maximum atomic E-state index is 13.7. The van der Waals surface area contributed by atoms with Gasteiger partial charge in [-0.2, -0.15) is 0 Å². The molecule has 0 radical (unpaired) electrons. The van der Waals surface area contributed by atoms with E-state index in [0.717, 1.165) is 67.2 Å². The van der Waals surface area contributed by atoms with Gasteiger partial charge in [-0.3, -0.25) is 9.59 Å². The summed E-state index contributed by atoms with van der Waals surface area (Å²) >= 11 is 0. The van der Waals surface area contributed by atoms with Gasteiger partial charge in [-0.25, -0.2) is 0 Å². The first kappa shape index (κ1) is 31.6. The number of unbranched alkanes of at least 4 members (excludes halogenated alkanes) is 1. The van der Waals surface area contributed by atoms with Gasteiger partial charge in [0.2, 0.25) is 0 Å². The Bertz CT molecular complexity index is 1480. The lowest BCUT2D eigenvalue weighted by Gasteiger charge is -2.26. The highest BCUT2D eigenvalue weighted by molar-refractivity contribution is 6.00. The van der Waals surface area contributed by atoms with Crippen molar-refractivity contribution in [3.8, 4) is 23.3 Å². The van der Waals surface area contributed by atoms with Crippen LogP contribution in [-0.2, 0) is 28.9 Å². The van der Waals surface area contributed by atoms with E-state index >= 15 is 0 Å². The highest BCUT2D eigenvalue weighted by Crippen LogP contribution is 2.43. The number of carbonyl (C=O) groups is 2. The van der Waals surface area contributed by atoms with E-state index in [-0.39, 0.29) is 47.9 Å². The van der Waals surface area contributed by atoms with Gasteiger partial charge in [-0.1, -0.05) is 112 Å². The predicted molar refractivity (Wildman–Crippen MR) is 176 cm³/mol. The van der Waals surface area contributed by atoms with E-state index in [4.69, 9.17) is 4.74 Å². The molecule has 0 aliphatic heterocycles. The molecule has 0 saturated heterocycles. The Balaban J connectivity index is 1.65. The van der Waals surface area contributed by atoms with E-state index in [1.807, 2.05) is 42.5 Å². The van der Waals surface area contributed by atoms with Gasteiger partial charge >= 0.3 is 0 Å². The van der Waals surface area contributed by atoms with Crippen molar-refractivity contribution in [1.29, 1.82) is 0 Å². The zero-order valence-electron chi connectivity index (χ0n) is 26.3. The molecular formula is C40H46O4. The van der Waals surface area contributed by atoms with Gasteiger partial charge in [0.1, 0.15) is 11.6 Å². The first-order chi connectivity index (χ1) is 21.5. The molecule has 4 heteroatoms. The lowest BCUT2D eigenvalue weighted by atomic mass is 9.77. The first-order valence-electron chi connectivity index (χ1n) is 16.5. The van der Waals surface area contributed by atoms with Crippen molar-refractivity contribution in [2.75, 3.05) is 7.11 Å². The summed E-state index contributed by atoms with van der Waals surface area (Å²) in [5.41, 5.74) is 4.98. The number of aromatic hydroxyl groups is 1. The summed E-state index contributed by atoms with van der Waals surface area (Å²) in [6, 6.07) is 22.4. The SMILES string of the molecule is CCCC[C@@H]1CCC[C@@H]2C#C[C@@H](c3ccccc3)c3c(cc(OC)c(O)c3CCc3ccccc3)CCC(=O)CC(=O)[C@H]2C1. The summed E-state index contributed by atoms with van der Waals surface area (Å²) in [5.74, 6) is 7.87. The van der Waals surface area contributed by atoms with Crippen LogP contribution in [0.1, 0.15) is 98.4 Å². The van der Waals surface area contributed by atoms with Gasteiger partial charge in [0, 0.05) is 23.8 Å². The van der Waals surface area contributed by atoms with E-state index in [0.29, 0.717) is 24.5 Å². The molecule has 3 aromatic rings.